The van der Waals surface area contributed by atoms with Crippen LogP contribution in [0.2, 0.25) is 0 Å². The molecule has 1 unspecified atom stereocenters. The maximum atomic E-state index is 4.01. The number of nitrogens with zero attached hydrogens (tertiary/aromatic N) is 3. The van der Waals surface area contributed by atoms with Crippen molar-refractivity contribution in [2.75, 3.05) is 7.05 Å². The fourth-order valence-corrected chi connectivity index (χ4v) is 2.77. The van der Waals surface area contributed by atoms with Crippen LogP contribution in [0.4, 0.5) is 0 Å². The third-order valence-corrected chi connectivity index (χ3v) is 3.63. The van der Waals surface area contributed by atoms with E-state index in [2.05, 4.69) is 59.6 Å². The van der Waals surface area contributed by atoms with Crippen molar-refractivity contribution in [2.45, 2.75) is 6.04 Å². The fraction of sp³-hybridized carbons (Fsp3) is 0.273. The smallest absolute Gasteiger partial charge is 0.153 e. The van der Waals surface area contributed by atoms with Crippen LogP contribution in [0.15, 0.2) is 33.3 Å². The molecule has 1 atom stereocenters. The zero-order chi connectivity index (χ0) is 12.4. The van der Waals surface area contributed by atoms with Gasteiger partial charge in [0.25, 0.3) is 0 Å². The number of benzene rings is 1. The van der Waals surface area contributed by atoms with E-state index in [9.17, 15) is 0 Å². The van der Waals surface area contributed by atoms with E-state index in [1.165, 1.54) is 0 Å². The second-order valence-electron chi connectivity index (χ2n) is 3.67. The molecule has 2 aromatic rings. The first-order chi connectivity index (χ1) is 8.13. The molecule has 0 amide bonds. The Balaban J connectivity index is 2.47. The monoisotopic (exact) mass is 358 g/mol. The number of aromatic nitrogens is 3. The normalized spacial score (nSPS) is 12.7. The van der Waals surface area contributed by atoms with Crippen LogP contribution in [0.5, 0.6) is 0 Å². The third-order valence-electron chi connectivity index (χ3n) is 2.57. The van der Waals surface area contributed by atoms with Gasteiger partial charge in [0.2, 0.25) is 0 Å². The molecule has 6 heteroatoms. The second kappa shape index (κ2) is 5.29. The molecule has 1 heterocycles. The van der Waals surface area contributed by atoms with Gasteiger partial charge < -0.3 is 5.32 Å². The van der Waals surface area contributed by atoms with Crippen LogP contribution in [-0.2, 0) is 7.05 Å². The molecule has 0 radical (unpaired) electrons. The topological polar surface area (TPSA) is 42.7 Å². The van der Waals surface area contributed by atoms with E-state index in [1.807, 2.05) is 26.2 Å². The molecule has 0 bridgehead atoms. The summed E-state index contributed by atoms with van der Waals surface area (Å²) in [6.45, 7) is 0. The summed E-state index contributed by atoms with van der Waals surface area (Å²) in [4.78, 5) is 0. The van der Waals surface area contributed by atoms with E-state index in [0.29, 0.717) is 0 Å². The number of nitrogens with one attached hydrogen (secondary N) is 1. The van der Waals surface area contributed by atoms with Gasteiger partial charge in [0, 0.05) is 11.5 Å². The van der Waals surface area contributed by atoms with Crippen molar-refractivity contribution in [3.05, 3.63) is 44.6 Å². The largest absolute Gasteiger partial charge is 0.308 e. The minimum atomic E-state index is 0.0573. The number of aryl methyl sites for hydroxylation is 1. The lowest BCUT2D eigenvalue weighted by Crippen LogP contribution is -2.21. The van der Waals surface area contributed by atoms with Gasteiger partial charge in [-0.1, -0.05) is 33.3 Å². The van der Waals surface area contributed by atoms with Crippen molar-refractivity contribution < 1.29 is 0 Å². The number of hydrogen-bond acceptors (Lipinski definition) is 3. The summed E-state index contributed by atoms with van der Waals surface area (Å²) in [7, 11) is 3.81. The minimum Gasteiger partial charge on any atom is -0.308 e. The Kier molecular flexibility index (Phi) is 3.96. The highest BCUT2D eigenvalue weighted by Gasteiger charge is 2.20. The lowest BCUT2D eigenvalue weighted by Gasteiger charge is -2.17. The molecule has 0 aliphatic heterocycles. The average molecular weight is 360 g/mol. The highest BCUT2D eigenvalue weighted by atomic mass is 79.9. The second-order valence-corrected chi connectivity index (χ2v) is 5.33. The van der Waals surface area contributed by atoms with E-state index in [-0.39, 0.29) is 6.04 Å². The quantitative estimate of drug-likeness (QED) is 0.916. The first-order valence-corrected chi connectivity index (χ1v) is 6.70. The molecule has 90 valence electrons. The molecular formula is C11H12Br2N4. The van der Waals surface area contributed by atoms with Crippen LogP contribution in [0.3, 0.4) is 0 Å². The van der Waals surface area contributed by atoms with Crippen LogP contribution < -0.4 is 5.32 Å². The Morgan fingerprint density at radius 2 is 2.12 bits per heavy atom. The van der Waals surface area contributed by atoms with Crippen molar-refractivity contribution in [3.8, 4) is 0 Å². The van der Waals surface area contributed by atoms with Crippen LogP contribution in [0.25, 0.3) is 0 Å². The maximum absolute atomic E-state index is 4.01. The summed E-state index contributed by atoms with van der Waals surface area (Å²) >= 11 is 6.91. The molecule has 2 rings (SSSR count). The Morgan fingerprint density at radius 1 is 1.35 bits per heavy atom. The zero-order valence-electron chi connectivity index (χ0n) is 9.48. The lowest BCUT2D eigenvalue weighted by molar-refractivity contribution is 0.597. The van der Waals surface area contributed by atoms with Gasteiger partial charge in [0.1, 0.15) is 0 Å². The van der Waals surface area contributed by atoms with Gasteiger partial charge in [0.15, 0.2) is 4.60 Å². The Morgan fingerprint density at radius 3 is 2.65 bits per heavy atom. The zero-order valence-corrected chi connectivity index (χ0v) is 12.7. The molecule has 1 aromatic carbocycles. The SMILES string of the molecule is CNC(c1cccc(Br)c1)c1c(Br)nnn1C. The molecule has 0 aliphatic rings. The van der Waals surface area contributed by atoms with E-state index in [0.717, 1.165) is 20.3 Å². The summed E-state index contributed by atoms with van der Waals surface area (Å²) in [6, 6.07) is 8.24. The Hall–Kier alpha value is -0.720. The van der Waals surface area contributed by atoms with Gasteiger partial charge in [-0.25, -0.2) is 4.68 Å². The third kappa shape index (κ3) is 2.59. The molecule has 1 aromatic heterocycles. The van der Waals surface area contributed by atoms with Gasteiger partial charge in [-0.15, -0.1) is 5.10 Å². The molecule has 0 saturated heterocycles. The summed E-state index contributed by atoms with van der Waals surface area (Å²) in [5.74, 6) is 0. The van der Waals surface area contributed by atoms with E-state index in [4.69, 9.17) is 0 Å². The van der Waals surface area contributed by atoms with Crippen molar-refractivity contribution in [1.82, 2.24) is 20.3 Å². The van der Waals surface area contributed by atoms with Crippen LogP contribution in [0.1, 0.15) is 17.3 Å². The van der Waals surface area contributed by atoms with Crippen molar-refractivity contribution >= 4 is 31.9 Å². The predicted molar refractivity (Wildman–Crippen MR) is 73.7 cm³/mol. The summed E-state index contributed by atoms with van der Waals surface area (Å²) in [6.07, 6.45) is 0. The van der Waals surface area contributed by atoms with Gasteiger partial charge >= 0.3 is 0 Å². The Labute approximate surface area is 117 Å². The lowest BCUT2D eigenvalue weighted by atomic mass is 10.0. The van der Waals surface area contributed by atoms with Crippen LogP contribution >= 0.6 is 31.9 Å². The van der Waals surface area contributed by atoms with Crippen LogP contribution in [-0.4, -0.2) is 22.0 Å². The first-order valence-electron chi connectivity index (χ1n) is 5.11. The molecule has 0 saturated carbocycles. The van der Waals surface area contributed by atoms with Crippen LogP contribution in [0, 0.1) is 0 Å². The minimum absolute atomic E-state index is 0.0573. The maximum Gasteiger partial charge on any atom is 0.153 e. The summed E-state index contributed by atoms with van der Waals surface area (Å²) in [5, 5.41) is 11.3. The van der Waals surface area contributed by atoms with E-state index < -0.39 is 0 Å². The highest BCUT2D eigenvalue weighted by Crippen LogP contribution is 2.27. The first kappa shape index (κ1) is 12.7. The summed E-state index contributed by atoms with van der Waals surface area (Å²) < 4.78 is 3.59. The molecule has 1 N–H and O–H groups in total. The number of rotatable bonds is 3. The molecular weight excluding hydrogens is 348 g/mol. The highest BCUT2D eigenvalue weighted by molar-refractivity contribution is 9.10. The molecule has 0 spiro atoms. The molecule has 4 nitrogen and oxygen atoms in total. The van der Waals surface area contributed by atoms with Crippen molar-refractivity contribution in [3.63, 3.8) is 0 Å². The number of halogens is 2. The standard InChI is InChI=1S/C11H12Br2N4/c1-14-9(7-4-3-5-8(12)6-7)10-11(13)15-16-17(10)2/h3-6,9,14H,1-2H3. The van der Waals surface area contributed by atoms with Gasteiger partial charge in [0.05, 0.1) is 11.7 Å². The van der Waals surface area contributed by atoms with Crippen molar-refractivity contribution in [1.29, 1.82) is 0 Å². The van der Waals surface area contributed by atoms with Gasteiger partial charge in [-0.3, -0.25) is 0 Å². The average Bonchev–Trinajstić information content (AvgIpc) is 2.62. The van der Waals surface area contributed by atoms with E-state index in [1.54, 1.807) is 4.68 Å². The predicted octanol–water partition coefficient (Wildman–Crippen LogP) is 2.65. The van der Waals surface area contributed by atoms with Gasteiger partial charge in [-0.2, -0.15) is 0 Å². The molecule has 0 fully saturated rings. The molecule has 0 aliphatic carbocycles. The number of hydrogen-bond donors (Lipinski definition) is 1. The van der Waals surface area contributed by atoms with Gasteiger partial charge in [-0.05, 0) is 40.7 Å². The molecule has 17 heavy (non-hydrogen) atoms. The Bertz CT molecular complexity index is 504. The summed E-state index contributed by atoms with van der Waals surface area (Å²) in [5.41, 5.74) is 2.17. The van der Waals surface area contributed by atoms with E-state index >= 15 is 0 Å². The van der Waals surface area contributed by atoms with Crippen molar-refractivity contribution in [2.24, 2.45) is 7.05 Å². The fourth-order valence-electron chi connectivity index (χ4n) is 1.79.